The first-order valence-corrected chi connectivity index (χ1v) is 7.93. The van der Waals surface area contributed by atoms with E-state index in [9.17, 15) is 14.4 Å². The third kappa shape index (κ3) is 2.05. The SMILES string of the molecule is C[C@@H]1Cc2ccccc2N1C(=O)CN1C(=O)c2ccccc2C1=O. The molecule has 2 aliphatic heterocycles. The van der Waals surface area contributed by atoms with Crippen LogP contribution in [0, 0.1) is 0 Å². The Morgan fingerprint density at radius 1 is 1.00 bits per heavy atom. The van der Waals surface area contributed by atoms with Crippen molar-refractivity contribution in [3.05, 3.63) is 65.2 Å². The summed E-state index contributed by atoms with van der Waals surface area (Å²) in [6, 6.07) is 14.4. The van der Waals surface area contributed by atoms with Crippen LogP contribution in [-0.4, -0.2) is 35.2 Å². The average Bonchev–Trinajstić information content (AvgIpc) is 3.04. The second kappa shape index (κ2) is 5.30. The van der Waals surface area contributed by atoms with Crippen LogP contribution in [0.5, 0.6) is 0 Å². The number of rotatable bonds is 2. The zero-order valence-electron chi connectivity index (χ0n) is 13.2. The third-order valence-electron chi connectivity index (χ3n) is 4.65. The lowest BCUT2D eigenvalue weighted by molar-refractivity contribution is -0.119. The number of hydrogen-bond donors (Lipinski definition) is 0. The highest BCUT2D eigenvalue weighted by Crippen LogP contribution is 2.32. The molecule has 5 nitrogen and oxygen atoms in total. The standard InChI is InChI=1S/C19H16N2O3/c1-12-10-13-6-2-5-9-16(13)21(12)17(22)11-20-18(23)14-7-3-4-8-15(14)19(20)24/h2-9,12H,10-11H2,1H3/t12-/m1/s1. The number of carbonyl (C=O) groups excluding carboxylic acids is 3. The highest BCUT2D eigenvalue weighted by molar-refractivity contribution is 6.22. The molecular weight excluding hydrogens is 304 g/mol. The quantitative estimate of drug-likeness (QED) is 0.798. The molecule has 120 valence electrons. The molecule has 0 saturated carbocycles. The molecule has 0 N–H and O–H groups in total. The molecule has 0 fully saturated rings. The Morgan fingerprint density at radius 2 is 1.58 bits per heavy atom. The highest BCUT2D eigenvalue weighted by Gasteiger charge is 2.39. The van der Waals surface area contributed by atoms with Gasteiger partial charge in [-0.05, 0) is 37.1 Å². The Hall–Kier alpha value is -2.95. The smallest absolute Gasteiger partial charge is 0.262 e. The van der Waals surface area contributed by atoms with E-state index in [0.717, 1.165) is 22.6 Å². The summed E-state index contributed by atoms with van der Waals surface area (Å²) < 4.78 is 0. The van der Waals surface area contributed by atoms with Crippen LogP contribution in [0.1, 0.15) is 33.2 Å². The van der Waals surface area contributed by atoms with E-state index in [0.29, 0.717) is 11.1 Å². The molecule has 2 heterocycles. The van der Waals surface area contributed by atoms with Crippen molar-refractivity contribution in [2.45, 2.75) is 19.4 Å². The first-order chi connectivity index (χ1) is 11.6. The number of para-hydroxylation sites is 1. The summed E-state index contributed by atoms with van der Waals surface area (Å²) in [5, 5.41) is 0. The number of anilines is 1. The van der Waals surface area contributed by atoms with Gasteiger partial charge >= 0.3 is 0 Å². The molecular formula is C19H16N2O3. The molecule has 2 aromatic rings. The summed E-state index contributed by atoms with van der Waals surface area (Å²) in [7, 11) is 0. The van der Waals surface area contributed by atoms with Crippen LogP contribution < -0.4 is 4.90 Å². The summed E-state index contributed by atoms with van der Waals surface area (Å²) >= 11 is 0. The van der Waals surface area contributed by atoms with E-state index in [-0.39, 0.29) is 18.5 Å². The molecule has 0 bridgehead atoms. The average molecular weight is 320 g/mol. The fourth-order valence-corrected chi connectivity index (χ4v) is 3.54. The second-order valence-electron chi connectivity index (χ2n) is 6.19. The normalized spacial score (nSPS) is 18.8. The van der Waals surface area contributed by atoms with Crippen molar-refractivity contribution in [1.82, 2.24) is 4.90 Å². The largest absolute Gasteiger partial charge is 0.307 e. The van der Waals surface area contributed by atoms with Crippen LogP contribution in [0.25, 0.3) is 0 Å². The third-order valence-corrected chi connectivity index (χ3v) is 4.65. The number of imide groups is 1. The van der Waals surface area contributed by atoms with Gasteiger partial charge in [0.1, 0.15) is 6.54 Å². The Bertz CT molecular complexity index is 839. The van der Waals surface area contributed by atoms with Gasteiger partial charge in [-0.2, -0.15) is 0 Å². The van der Waals surface area contributed by atoms with Gasteiger partial charge in [0.25, 0.3) is 11.8 Å². The van der Waals surface area contributed by atoms with Crippen LogP contribution in [-0.2, 0) is 11.2 Å². The van der Waals surface area contributed by atoms with Gasteiger partial charge in [-0.1, -0.05) is 30.3 Å². The van der Waals surface area contributed by atoms with Gasteiger partial charge in [0.05, 0.1) is 11.1 Å². The minimum Gasteiger partial charge on any atom is -0.307 e. The van der Waals surface area contributed by atoms with Gasteiger partial charge in [-0.25, -0.2) is 0 Å². The van der Waals surface area contributed by atoms with Crippen molar-refractivity contribution in [2.24, 2.45) is 0 Å². The highest BCUT2D eigenvalue weighted by atomic mass is 16.2. The number of nitrogens with zero attached hydrogens (tertiary/aromatic N) is 2. The predicted molar refractivity (Wildman–Crippen MR) is 88.9 cm³/mol. The molecule has 0 saturated heterocycles. The minimum absolute atomic E-state index is 0.0186. The van der Waals surface area contributed by atoms with Crippen LogP contribution in [0.2, 0.25) is 0 Å². The molecule has 0 unspecified atom stereocenters. The Balaban J connectivity index is 1.60. The number of benzene rings is 2. The molecule has 2 aliphatic rings. The van der Waals surface area contributed by atoms with E-state index < -0.39 is 11.8 Å². The van der Waals surface area contributed by atoms with E-state index in [4.69, 9.17) is 0 Å². The maximum absolute atomic E-state index is 12.8. The van der Waals surface area contributed by atoms with Gasteiger partial charge in [-0.15, -0.1) is 0 Å². The first-order valence-electron chi connectivity index (χ1n) is 7.93. The number of carbonyl (C=O) groups is 3. The maximum atomic E-state index is 12.8. The molecule has 1 atom stereocenters. The number of hydrogen-bond acceptors (Lipinski definition) is 3. The molecule has 4 rings (SSSR count). The summed E-state index contributed by atoms with van der Waals surface area (Å²) in [4.78, 5) is 40.4. The minimum atomic E-state index is -0.399. The summed E-state index contributed by atoms with van der Waals surface area (Å²) in [5.41, 5.74) is 2.71. The molecule has 5 heteroatoms. The maximum Gasteiger partial charge on any atom is 0.262 e. The lowest BCUT2D eigenvalue weighted by Gasteiger charge is -2.25. The number of fused-ring (bicyclic) bond motifs is 2. The van der Waals surface area contributed by atoms with Crippen molar-refractivity contribution in [3.63, 3.8) is 0 Å². The van der Waals surface area contributed by atoms with Gasteiger partial charge in [-0.3, -0.25) is 19.3 Å². The Morgan fingerprint density at radius 3 is 2.25 bits per heavy atom. The van der Waals surface area contributed by atoms with Crippen molar-refractivity contribution in [2.75, 3.05) is 11.4 Å². The molecule has 2 aromatic carbocycles. The summed E-state index contributed by atoms with van der Waals surface area (Å²) in [6.07, 6.45) is 0.782. The van der Waals surface area contributed by atoms with Crippen LogP contribution >= 0.6 is 0 Å². The zero-order valence-corrected chi connectivity index (χ0v) is 13.2. The van der Waals surface area contributed by atoms with Crippen LogP contribution in [0.15, 0.2) is 48.5 Å². The molecule has 0 spiro atoms. The van der Waals surface area contributed by atoms with E-state index in [1.165, 1.54) is 0 Å². The lowest BCUT2D eigenvalue weighted by Crippen LogP contribution is -2.45. The van der Waals surface area contributed by atoms with Gasteiger partial charge < -0.3 is 4.90 Å². The Kier molecular flexibility index (Phi) is 3.23. The molecule has 3 amide bonds. The van der Waals surface area contributed by atoms with Gasteiger partial charge in [0.2, 0.25) is 5.91 Å². The molecule has 0 aromatic heterocycles. The predicted octanol–water partition coefficient (Wildman–Crippen LogP) is 2.26. The van der Waals surface area contributed by atoms with Crippen molar-refractivity contribution >= 4 is 23.4 Å². The van der Waals surface area contributed by atoms with E-state index in [1.54, 1.807) is 29.2 Å². The van der Waals surface area contributed by atoms with E-state index in [1.807, 2.05) is 31.2 Å². The summed E-state index contributed by atoms with van der Waals surface area (Å²) in [6.45, 7) is 1.74. The zero-order chi connectivity index (χ0) is 16.8. The van der Waals surface area contributed by atoms with E-state index in [2.05, 4.69) is 0 Å². The van der Waals surface area contributed by atoms with Crippen molar-refractivity contribution in [3.8, 4) is 0 Å². The van der Waals surface area contributed by atoms with E-state index >= 15 is 0 Å². The molecule has 0 radical (unpaired) electrons. The summed E-state index contributed by atoms with van der Waals surface area (Å²) in [5.74, 6) is -1.03. The van der Waals surface area contributed by atoms with Crippen LogP contribution in [0.4, 0.5) is 5.69 Å². The monoisotopic (exact) mass is 320 g/mol. The first kappa shape index (κ1) is 14.6. The lowest BCUT2D eigenvalue weighted by atomic mass is 10.1. The second-order valence-corrected chi connectivity index (χ2v) is 6.19. The fourth-order valence-electron chi connectivity index (χ4n) is 3.54. The van der Waals surface area contributed by atoms with Gasteiger partial charge in [0, 0.05) is 11.7 Å². The van der Waals surface area contributed by atoms with Gasteiger partial charge in [0.15, 0.2) is 0 Å². The number of amides is 3. The Labute approximate surface area is 139 Å². The van der Waals surface area contributed by atoms with Crippen LogP contribution in [0.3, 0.4) is 0 Å². The fraction of sp³-hybridized carbons (Fsp3) is 0.211. The molecule has 0 aliphatic carbocycles. The topological polar surface area (TPSA) is 57.7 Å². The molecule has 24 heavy (non-hydrogen) atoms. The van der Waals surface area contributed by atoms with Crippen molar-refractivity contribution < 1.29 is 14.4 Å². The van der Waals surface area contributed by atoms with Crippen molar-refractivity contribution in [1.29, 1.82) is 0 Å².